The van der Waals surface area contributed by atoms with Crippen LogP contribution in [-0.2, 0) is 4.74 Å². The van der Waals surface area contributed by atoms with Gasteiger partial charge in [0, 0.05) is 18.7 Å². The van der Waals surface area contributed by atoms with Gasteiger partial charge in [-0.15, -0.1) is 0 Å². The van der Waals surface area contributed by atoms with Crippen LogP contribution in [0, 0.1) is 0 Å². The van der Waals surface area contributed by atoms with E-state index in [1.54, 1.807) is 6.07 Å². The Labute approximate surface area is 103 Å². The highest BCUT2D eigenvalue weighted by molar-refractivity contribution is 9.10. The van der Waals surface area contributed by atoms with E-state index in [1.165, 1.54) is 0 Å². The number of hydrogen-bond acceptors (Lipinski definition) is 5. The van der Waals surface area contributed by atoms with E-state index in [0.717, 1.165) is 19.4 Å². The van der Waals surface area contributed by atoms with Gasteiger partial charge in [-0.25, -0.2) is 4.98 Å². The number of nitrogen functional groups attached to an aromatic ring is 1. The summed E-state index contributed by atoms with van der Waals surface area (Å²) in [5, 5.41) is 3.28. The fraction of sp³-hybridized carbons (Fsp3) is 0.600. The van der Waals surface area contributed by atoms with Crippen molar-refractivity contribution in [2.45, 2.75) is 31.9 Å². The molecule has 1 aliphatic heterocycles. The highest BCUT2D eigenvalue weighted by atomic mass is 79.9. The van der Waals surface area contributed by atoms with E-state index in [4.69, 9.17) is 10.5 Å². The minimum absolute atomic E-state index is 0.288. The molecule has 5 nitrogen and oxygen atoms in total. The van der Waals surface area contributed by atoms with E-state index in [0.29, 0.717) is 22.4 Å². The van der Waals surface area contributed by atoms with Gasteiger partial charge in [0.2, 0.25) is 5.95 Å². The Morgan fingerprint density at radius 1 is 1.56 bits per heavy atom. The Kier molecular flexibility index (Phi) is 3.60. The molecule has 1 fully saturated rings. The van der Waals surface area contributed by atoms with Gasteiger partial charge in [0.05, 0.1) is 6.10 Å². The second kappa shape index (κ2) is 4.97. The van der Waals surface area contributed by atoms with Gasteiger partial charge in [0.15, 0.2) is 0 Å². The van der Waals surface area contributed by atoms with Crippen LogP contribution >= 0.6 is 15.9 Å². The third-order valence-corrected chi connectivity index (χ3v) is 2.94. The maximum atomic E-state index is 5.65. The minimum atomic E-state index is 0.288. The first-order valence-electron chi connectivity index (χ1n) is 5.31. The van der Waals surface area contributed by atoms with E-state index in [1.807, 2.05) is 0 Å². The monoisotopic (exact) mass is 286 g/mol. The van der Waals surface area contributed by atoms with Crippen molar-refractivity contribution in [2.75, 3.05) is 17.7 Å². The predicted octanol–water partition coefficient (Wildman–Crippen LogP) is 1.80. The number of hydrogen-bond donors (Lipinski definition) is 2. The average molecular weight is 287 g/mol. The normalized spacial score (nSPS) is 25.4. The summed E-state index contributed by atoms with van der Waals surface area (Å²) < 4.78 is 6.18. The maximum Gasteiger partial charge on any atom is 0.225 e. The molecule has 1 saturated heterocycles. The summed E-state index contributed by atoms with van der Waals surface area (Å²) in [5.41, 5.74) is 5.65. The number of ether oxygens (including phenoxy) is 1. The van der Waals surface area contributed by atoms with Gasteiger partial charge in [0.1, 0.15) is 10.4 Å². The average Bonchev–Trinajstić information content (AvgIpc) is 2.15. The molecule has 2 heterocycles. The second-order valence-corrected chi connectivity index (χ2v) is 4.80. The lowest BCUT2D eigenvalue weighted by molar-refractivity contribution is 0.0231. The molecule has 2 atom stereocenters. The van der Waals surface area contributed by atoms with Gasteiger partial charge < -0.3 is 15.8 Å². The zero-order valence-electron chi connectivity index (χ0n) is 9.11. The molecule has 1 aliphatic rings. The Bertz CT molecular complexity index is 354. The van der Waals surface area contributed by atoms with E-state index in [2.05, 4.69) is 38.1 Å². The van der Waals surface area contributed by atoms with Crippen LogP contribution in [0.15, 0.2) is 10.7 Å². The smallest absolute Gasteiger partial charge is 0.225 e. The van der Waals surface area contributed by atoms with Gasteiger partial charge in [-0.1, -0.05) is 0 Å². The molecule has 16 heavy (non-hydrogen) atoms. The summed E-state index contributed by atoms with van der Waals surface area (Å²) in [6.07, 6.45) is 2.23. The first-order chi connectivity index (χ1) is 7.63. The Morgan fingerprint density at radius 2 is 2.38 bits per heavy atom. The van der Waals surface area contributed by atoms with Gasteiger partial charge in [-0.3, -0.25) is 0 Å². The van der Waals surface area contributed by atoms with E-state index in [9.17, 15) is 0 Å². The molecule has 0 bridgehead atoms. The lowest BCUT2D eigenvalue weighted by Crippen LogP contribution is -2.33. The topological polar surface area (TPSA) is 73.1 Å². The first-order valence-corrected chi connectivity index (χ1v) is 6.11. The molecule has 0 radical (unpaired) electrons. The van der Waals surface area contributed by atoms with Crippen molar-refractivity contribution in [3.05, 3.63) is 10.7 Å². The van der Waals surface area contributed by atoms with Crippen molar-refractivity contribution in [2.24, 2.45) is 0 Å². The number of halogens is 1. The van der Waals surface area contributed by atoms with Crippen molar-refractivity contribution < 1.29 is 4.74 Å². The number of nitrogens with zero attached hydrogens (tertiary/aromatic N) is 2. The fourth-order valence-corrected chi connectivity index (χ4v) is 2.21. The fourth-order valence-electron chi connectivity index (χ4n) is 1.81. The van der Waals surface area contributed by atoms with Crippen LogP contribution in [0.5, 0.6) is 0 Å². The summed E-state index contributed by atoms with van der Waals surface area (Å²) in [6, 6.07) is 2.04. The molecule has 2 rings (SSSR count). The Balaban J connectivity index is 2.02. The molecule has 1 aromatic rings. The summed E-state index contributed by atoms with van der Waals surface area (Å²) in [4.78, 5) is 8.36. The highest BCUT2D eigenvalue weighted by Gasteiger charge is 2.19. The first kappa shape index (κ1) is 11.6. The van der Waals surface area contributed by atoms with Crippen LogP contribution < -0.4 is 11.1 Å². The molecule has 0 amide bonds. The van der Waals surface area contributed by atoms with Gasteiger partial charge in [-0.05, 0) is 35.7 Å². The Hall–Kier alpha value is -0.880. The zero-order chi connectivity index (χ0) is 11.5. The van der Waals surface area contributed by atoms with Crippen LogP contribution in [0.1, 0.15) is 19.8 Å². The third kappa shape index (κ3) is 3.05. The molecule has 0 aliphatic carbocycles. The third-order valence-electron chi connectivity index (χ3n) is 2.53. The van der Waals surface area contributed by atoms with Gasteiger partial charge in [-0.2, -0.15) is 4.98 Å². The number of aromatic nitrogens is 2. The molecule has 1 aromatic heterocycles. The number of rotatable bonds is 2. The quantitative estimate of drug-likeness (QED) is 0.811. The number of nitrogens with one attached hydrogen (secondary N) is 1. The van der Waals surface area contributed by atoms with Crippen LogP contribution in [0.2, 0.25) is 0 Å². The molecular weight excluding hydrogens is 272 g/mol. The van der Waals surface area contributed by atoms with Crippen molar-refractivity contribution >= 4 is 27.7 Å². The lowest BCUT2D eigenvalue weighted by atomic mass is 10.0. The molecule has 88 valence electrons. The zero-order valence-corrected chi connectivity index (χ0v) is 10.7. The lowest BCUT2D eigenvalue weighted by Gasteiger charge is -2.27. The molecule has 0 aromatic carbocycles. The molecular formula is C10H15BrN4O. The van der Waals surface area contributed by atoms with Crippen molar-refractivity contribution in [1.29, 1.82) is 0 Å². The van der Waals surface area contributed by atoms with E-state index < -0.39 is 0 Å². The Morgan fingerprint density at radius 3 is 3.06 bits per heavy atom. The molecule has 3 N–H and O–H groups in total. The molecule has 0 saturated carbocycles. The molecule has 2 unspecified atom stereocenters. The van der Waals surface area contributed by atoms with Crippen molar-refractivity contribution in [3.63, 3.8) is 0 Å². The summed E-state index contributed by atoms with van der Waals surface area (Å²) in [6.45, 7) is 2.85. The number of nitrogens with two attached hydrogens (primary N) is 1. The standard InChI is InChI=1S/C10H15BrN4O/c1-6-4-7(2-3-16-6)13-10-14-8(11)5-9(12)15-10/h5-7H,2-4H2,1H3,(H3,12,13,14,15). The number of anilines is 2. The van der Waals surface area contributed by atoms with E-state index in [-0.39, 0.29) is 6.10 Å². The molecule has 6 heteroatoms. The minimum Gasteiger partial charge on any atom is -0.383 e. The van der Waals surface area contributed by atoms with E-state index >= 15 is 0 Å². The van der Waals surface area contributed by atoms with Crippen LogP contribution in [0.4, 0.5) is 11.8 Å². The maximum absolute atomic E-state index is 5.65. The highest BCUT2D eigenvalue weighted by Crippen LogP contribution is 2.18. The second-order valence-electron chi connectivity index (χ2n) is 3.99. The van der Waals surface area contributed by atoms with Gasteiger partial charge >= 0.3 is 0 Å². The van der Waals surface area contributed by atoms with Crippen LogP contribution in [-0.4, -0.2) is 28.7 Å². The van der Waals surface area contributed by atoms with Crippen LogP contribution in [0.25, 0.3) is 0 Å². The van der Waals surface area contributed by atoms with Crippen molar-refractivity contribution in [3.8, 4) is 0 Å². The molecule has 0 spiro atoms. The van der Waals surface area contributed by atoms with Crippen molar-refractivity contribution in [1.82, 2.24) is 9.97 Å². The summed E-state index contributed by atoms with van der Waals surface area (Å²) in [5.74, 6) is 1.04. The SMILES string of the molecule is CC1CC(Nc2nc(N)cc(Br)n2)CCO1. The van der Waals surface area contributed by atoms with Gasteiger partial charge in [0.25, 0.3) is 0 Å². The predicted molar refractivity (Wildman–Crippen MR) is 66.2 cm³/mol. The summed E-state index contributed by atoms with van der Waals surface area (Å²) >= 11 is 3.29. The largest absolute Gasteiger partial charge is 0.383 e. The summed E-state index contributed by atoms with van der Waals surface area (Å²) in [7, 11) is 0. The van der Waals surface area contributed by atoms with Crippen LogP contribution in [0.3, 0.4) is 0 Å².